The third-order valence-corrected chi connectivity index (χ3v) is 3.63. The Bertz CT molecular complexity index is 753. The summed E-state index contributed by atoms with van der Waals surface area (Å²) in [6, 6.07) is 6.84. The average Bonchev–Trinajstić information content (AvgIpc) is 2.44. The molecule has 112 valence electrons. The van der Waals surface area contributed by atoms with Gasteiger partial charge in [0.1, 0.15) is 5.15 Å². The quantitative estimate of drug-likeness (QED) is 0.677. The second kappa shape index (κ2) is 6.93. The molecule has 1 aromatic carbocycles. The molecule has 0 atom stereocenters. The molecule has 2 aromatic rings. The van der Waals surface area contributed by atoms with E-state index in [2.05, 4.69) is 4.98 Å². The van der Waals surface area contributed by atoms with Gasteiger partial charge in [0.05, 0.1) is 5.56 Å². The van der Waals surface area contributed by atoms with Crippen LogP contribution in [0, 0.1) is 0 Å². The molecule has 0 unspecified atom stereocenters. The topological polar surface area (TPSA) is 64.1 Å². The summed E-state index contributed by atoms with van der Waals surface area (Å²) in [6.45, 7) is 0.701. The monoisotopic (exact) mass is 328 g/mol. The SMILES string of the molecule is COCCCn1c(=O)[nH]c(Cl)c(-c2ccccc2Cl)c1=O. The first-order chi connectivity index (χ1) is 10.1. The van der Waals surface area contributed by atoms with E-state index in [-0.39, 0.29) is 17.3 Å². The maximum absolute atomic E-state index is 12.5. The van der Waals surface area contributed by atoms with Crippen LogP contribution in [0.1, 0.15) is 6.42 Å². The Labute approximate surface area is 131 Å². The van der Waals surface area contributed by atoms with E-state index in [1.165, 1.54) is 0 Å². The second-order valence-electron chi connectivity index (χ2n) is 4.40. The number of methoxy groups -OCH3 is 1. The number of benzene rings is 1. The van der Waals surface area contributed by atoms with Crippen molar-refractivity contribution in [2.45, 2.75) is 13.0 Å². The van der Waals surface area contributed by atoms with Crippen LogP contribution in [0.5, 0.6) is 0 Å². The Morgan fingerprint density at radius 2 is 1.95 bits per heavy atom. The number of aromatic amines is 1. The van der Waals surface area contributed by atoms with E-state index >= 15 is 0 Å². The maximum Gasteiger partial charge on any atom is 0.329 e. The fourth-order valence-electron chi connectivity index (χ4n) is 2.01. The van der Waals surface area contributed by atoms with E-state index < -0.39 is 11.2 Å². The summed E-state index contributed by atoms with van der Waals surface area (Å²) in [5.74, 6) is 0. The lowest BCUT2D eigenvalue weighted by Gasteiger charge is -2.10. The Morgan fingerprint density at radius 1 is 1.24 bits per heavy atom. The third kappa shape index (κ3) is 3.37. The van der Waals surface area contributed by atoms with Crippen molar-refractivity contribution in [3.05, 3.63) is 55.3 Å². The molecule has 0 amide bonds. The summed E-state index contributed by atoms with van der Waals surface area (Å²) in [7, 11) is 1.56. The predicted octanol–water partition coefficient (Wildman–Crippen LogP) is 2.55. The first kappa shape index (κ1) is 15.8. The summed E-state index contributed by atoms with van der Waals surface area (Å²) in [5, 5.41) is 0.382. The van der Waals surface area contributed by atoms with Crippen molar-refractivity contribution in [3.8, 4) is 11.1 Å². The highest BCUT2D eigenvalue weighted by Gasteiger charge is 2.16. The van der Waals surface area contributed by atoms with Crippen molar-refractivity contribution in [3.63, 3.8) is 0 Å². The fourth-order valence-corrected chi connectivity index (χ4v) is 2.51. The van der Waals surface area contributed by atoms with E-state index in [9.17, 15) is 9.59 Å². The molecular formula is C14H14Cl2N2O3. The minimum atomic E-state index is -0.545. The lowest BCUT2D eigenvalue weighted by atomic mass is 10.1. The largest absolute Gasteiger partial charge is 0.385 e. The van der Waals surface area contributed by atoms with Gasteiger partial charge in [0.2, 0.25) is 0 Å². The van der Waals surface area contributed by atoms with Gasteiger partial charge in [-0.1, -0.05) is 41.4 Å². The van der Waals surface area contributed by atoms with Gasteiger partial charge in [-0.15, -0.1) is 0 Å². The summed E-state index contributed by atoms with van der Waals surface area (Å²) in [5.41, 5.74) is -0.324. The van der Waals surface area contributed by atoms with E-state index in [0.29, 0.717) is 23.6 Å². The normalized spacial score (nSPS) is 10.8. The highest BCUT2D eigenvalue weighted by atomic mass is 35.5. The van der Waals surface area contributed by atoms with Crippen molar-refractivity contribution in [1.82, 2.24) is 9.55 Å². The van der Waals surface area contributed by atoms with Crippen molar-refractivity contribution < 1.29 is 4.74 Å². The van der Waals surface area contributed by atoms with Gasteiger partial charge in [0, 0.05) is 30.8 Å². The Hall–Kier alpha value is -1.56. The van der Waals surface area contributed by atoms with Gasteiger partial charge in [-0.25, -0.2) is 4.79 Å². The van der Waals surface area contributed by atoms with E-state index in [0.717, 1.165) is 4.57 Å². The standard InChI is InChI=1S/C14H14Cl2N2O3/c1-21-8-4-7-18-13(19)11(12(16)17-14(18)20)9-5-2-3-6-10(9)15/h2-3,5-6H,4,7-8H2,1H3,(H,17,20). The van der Waals surface area contributed by atoms with Crippen LogP contribution < -0.4 is 11.2 Å². The molecular weight excluding hydrogens is 315 g/mol. The summed E-state index contributed by atoms with van der Waals surface area (Å²) >= 11 is 12.1. The minimum Gasteiger partial charge on any atom is -0.385 e. The van der Waals surface area contributed by atoms with Gasteiger partial charge < -0.3 is 4.74 Å². The number of nitrogens with zero attached hydrogens (tertiary/aromatic N) is 1. The van der Waals surface area contributed by atoms with Crippen LogP contribution in [0.2, 0.25) is 10.2 Å². The molecule has 1 heterocycles. The molecule has 5 nitrogen and oxygen atoms in total. The first-order valence-electron chi connectivity index (χ1n) is 6.32. The summed E-state index contributed by atoms with van der Waals surface area (Å²) in [4.78, 5) is 26.9. The lowest BCUT2D eigenvalue weighted by molar-refractivity contribution is 0.189. The Kier molecular flexibility index (Phi) is 5.22. The molecule has 7 heteroatoms. The molecule has 2 rings (SSSR count). The van der Waals surface area contributed by atoms with Crippen molar-refractivity contribution in [2.75, 3.05) is 13.7 Å². The number of H-pyrrole nitrogens is 1. The van der Waals surface area contributed by atoms with Crippen LogP contribution in [0.3, 0.4) is 0 Å². The Morgan fingerprint density at radius 3 is 2.62 bits per heavy atom. The third-order valence-electron chi connectivity index (χ3n) is 3.01. The molecule has 0 radical (unpaired) electrons. The minimum absolute atomic E-state index is 0.0129. The first-order valence-corrected chi connectivity index (χ1v) is 7.08. The zero-order valence-corrected chi connectivity index (χ0v) is 12.9. The van der Waals surface area contributed by atoms with Crippen LogP contribution in [0.4, 0.5) is 0 Å². The molecule has 0 aliphatic heterocycles. The number of ether oxygens (including phenoxy) is 1. The van der Waals surface area contributed by atoms with Gasteiger partial charge in [-0.05, 0) is 12.5 Å². The molecule has 0 saturated carbocycles. The average molecular weight is 329 g/mol. The van der Waals surface area contributed by atoms with Gasteiger partial charge in [-0.3, -0.25) is 14.3 Å². The number of hydrogen-bond acceptors (Lipinski definition) is 3. The number of aromatic nitrogens is 2. The van der Waals surface area contributed by atoms with Crippen molar-refractivity contribution in [1.29, 1.82) is 0 Å². The molecule has 0 spiro atoms. The molecule has 0 fully saturated rings. The zero-order chi connectivity index (χ0) is 15.4. The van der Waals surface area contributed by atoms with Crippen LogP contribution in [-0.2, 0) is 11.3 Å². The molecule has 0 saturated heterocycles. The predicted molar refractivity (Wildman–Crippen MR) is 83.3 cm³/mol. The summed E-state index contributed by atoms with van der Waals surface area (Å²) < 4.78 is 6.03. The molecule has 21 heavy (non-hydrogen) atoms. The zero-order valence-electron chi connectivity index (χ0n) is 11.4. The highest BCUT2D eigenvalue weighted by molar-refractivity contribution is 6.35. The van der Waals surface area contributed by atoms with Gasteiger partial charge in [0.25, 0.3) is 5.56 Å². The maximum atomic E-state index is 12.5. The molecule has 1 N–H and O–H groups in total. The van der Waals surface area contributed by atoms with Crippen LogP contribution in [-0.4, -0.2) is 23.3 Å². The number of hydrogen-bond donors (Lipinski definition) is 1. The van der Waals surface area contributed by atoms with E-state index in [4.69, 9.17) is 27.9 Å². The fraction of sp³-hybridized carbons (Fsp3) is 0.286. The number of halogens is 2. The number of nitrogens with one attached hydrogen (secondary N) is 1. The number of rotatable bonds is 5. The van der Waals surface area contributed by atoms with Crippen LogP contribution in [0.25, 0.3) is 11.1 Å². The lowest BCUT2D eigenvalue weighted by Crippen LogP contribution is -2.36. The highest BCUT2D eigenvalue weighted by Crippen LogP contribution is 2.28. The molecule has 0 bridgehead atoms. The van der Waals surface area contributed by atoms with E-state index in [1.807, 2.05) is 0 Å². The molecule has 0 aliphatic carbocycles. The van der Waals surface area contributed by atoms with Crippen LogP contribution >= 0.6 is 23.2 Å². The van der Waals surface area contributed by atoms with Gasteiger partial charge in [0.15, 0.2) is 0 Å². The molecule has 1 aromatic heterocycles. The van der Waals surface area contributed by atoms with Crippen molar-refractivity contribution in [2.24, 2.45) is 0 Å². The van der Waals surface area contributed by atoms with Crippen molar-refractivity contribution >= 4 is 23.2 Å². The summed E-state index contributed by atoms with van der Waals surface area (Å²) in [6.07, 6.45) is 0.545. The van der Waals surface area contributed by atoms with Gasteiger partial charge in [-0.2, -0.15) is 0 Å². The van der Waals surface area contributed by atoms with Gasteiger partial charge >= 0.3 is 5.69 Å². The molecule has 0 aliphatic rings. The second-order valence-corrected chi connectivity index (χ2v) is 5.19. The smallest absolute Gasteiger partial charge is 0.329 e. The van der Waals surface area contributed by atoms with Crippen LogP contribution in [0.15, 0.2) is 33.9 Å². The Balaban J connectivity index is 2.57. The van der Waals surface area contributed by atoms with E-state index in [1.54, 1.807) is 31.4 Å².